The molecular formula is C17H22N2O2. The van der Waals surface area contributed by atoms with E-state index in [4.69, 9.17) is 9.15 Å². The fourth-order valence-corrected chi connectivity index (χ4v) is 2.32. The molecule has 112 valence electrons. The van der Waals surface area contributed by atoms with Crippen LogP contribution in [0.2, 0.25) is 0 Å². The Morgan fingerprint density at radius 1 is 1.33 bits per heavy atom. The maximum atomic E-state index is 5.65. The molecule has 21 heavy (non-hydrogen) atoms. The van der Waals surface area contributed by atoms with E-state index in [0.717, 1.165) is 36.3 Å². The van der Waals surface area contributed by atoms with Crippen LogP contribution in [0.1, 0.15) is 24.2 Å². The van der Waals surface area contributed by atoms with Crippen molar-refractivity contribution >= 4 is 5.69 Å². The van der Waals surface area contributed by atoms with E-state index < -0.39 is 0 Å². The Balaban J connectivity index is 1.59. The van der Waals surface area contributed by atoms with Crippen LogP contribution >= 0.6 is 0 Å². The van der Waals surface area contributed by atoms with Gasteiger partial charge in [-0.1, -0.05) is 6.07 Å². The molecule has 1 aromatic heterocycles. The number of hydrogen-bond acceptors (Lipinski definition) is 4. The van der Waals surface area contributed by atoms with Crippen molar-refractivity contribution in [3.05, 3.63) is 47.9 Å². The second-order valence-electron chi connectivity index (χ2n) is 5.63. The zero-order chi connectivity index (χ0) is 14.7. The van der Waals surface area contributed by atoms with Gasteiger partial charge < -0.3 is 19.4 Å². The lowest BCUT2D eigenvalue weighted by Crippen LogP contribution is -2.16. The van der Waals surface area contributed by atoms with Crippen molar-refractivity contribution in [2.45, 2.75) is 32.0 Å². The molecular weight excluding hydrogens is 264 g/mol. The first-order valence-electron chi connectivity index (χ1n) is 7.39. The highest BCUT2D eigenvalue weighted by Crippen LogP contribution is 2.22. The normalized spacial score (nSPS) is 14.2. The summed E-state index contributed by atoms with van der Waals surface area (Å²) in [5, 5.41) is 3.50. The van der Waals surface area contributed by atoms with Gasteiger partial charge in [0, 0.05) is 37.0 Å². The smallest absolute Gasteiger partial charge is 0.123 e. The summed E-state index contributed by atoms with van der Waals surface area (Å²) in [5.41, 5.74) is 2.33. The molecule has 0 aliphatic heterocycles. The maximum absolute atomic E-state index is 5.65. The van der Waals surface area contributed by atoms with E-state index >= 15 is 0 Å². The second-order valence-corrected chi connectivity index (χ2v) is 5.63. The van der Waals surface area contributed by atoms with E-state index in [0.29, 0.717) is 0 Å². The molecule has 0 radical (unpaired) electrons. The quantitative estimate of drug-likeness (QED) is 0.848. The van der Waals surface area contributed by atoms with Gasteiger partial charge in [-0.3, -0.25) is 0 Å². The Labute approximate surface area is 125 Å². The lowest BCUT2D eigenvalue weighted by molar-refractivity contribution is 0.414. The molecule has 4 heteroatoms. The monoisotopic (exact) mass is 286 g/mol. The minimum Gasteiger partial charge on any atom is -0.497 e. The van der Waals surface area contributed by atoms with Crippen LogP contribution < -0.4 is 15.0 Å². The SMILES string of the molecule is COc1cccc(N(C)Cc2cc(CNC3CC3)co2)c1. The van der Waals surface area contributed by atoms with E-state index in [1.165, 1.54) is 18.4 Å². The molecule has 1 saturated carbocycles. The molecule has 1 fully saturated rings. The van der Waals surface area contributed by atoms with Gasteiger partial charge in [-0.25, -0.2) is 0 Å². The summed E-state index contributed by atoms with van der Waals surface area (Å²) in [6.07, 6.45) is 4.47. The summed E-state index contributed by atoms with van der Waals surface area (Å²) in [7, 11) is 3.74. The number of nitrogens with zero attached hydrogens (tertiary/aromatic N) is 1. The first-order valence-corrected chi connectivity index (χ1v) is 7.39. The number of ether oxygens (including phenoxy) is 1. The molecule has 1 N–H and O–H groups in total. The number of methoxy groups -OCH3 is 1. The average molecular weight is 286 g/mol. The lowest BCUT2D eigenvalue weighted by atomic mass is 10.2. The van der Waals surface area contributed by atoms with Crippen LogP contribution in [-0.2, 0) is 13.1 Å². The van der Waals surface area contributed by atoms with Gasteiger partial charge in [-0.05, 0) is 31.0 Å². The number of nitrogens with one attached hydrogen (secondary N) is 1. The highest BCUT2D eigenvalue weighted by Gasteiger charge is 2.20. The van der Waals surface area contributed by atoms with Crippen molar-refractivity contribution in [1.82, 2.24) is 5.32 Å². The molecule has 1 aliphatic carbocycles. The van der Waals surface area contributed by atoms with E-state index in [1.54, 1.807) is 7.11 Å². The van der Waals surface area contributed by atoms with Gasteiger partial charge in [0.15, 0.2) is 0 Å². The third-order valence-electron chi connectivity index (χ3n) is 3.77. The molecule has 0 unspecified atom stereocenters. The maximum Gasteiger partial charge on any atom is 0.123 e. The van der Waals surface area contributed by atoms with Crippen molar-refractivity contribution in [2.24, 2.45) is 0 Å². The van der Waals surface area contributed by atoms with Crippen LogP contribution in [0, 0.1) is 0 Å². The molecule has 2 aromatic rings. The zero-order valence-corrected chi connectivity index (χ0v) is 12.6. The largest absolute Gasteiger partial charge is 0.497 e. The van der Waals surface area contributed by atoms with Gasteiger partial charge in [-0.2, -0.15) is 0 Å². The highest BCUT2D eigenvalue weighted by atomic mass is 16.5. The van der Waals surface area contributed by atoms with Crippen molar-refractivity contribution < 1.29 is 9.15 Å². The molecule has 0 saturated heterocycles. The summed E-state index contributed by atoms with van der Waals surface area (Å²) in [6.45, 7) is 1.65. The second kappa shape index (κ2) is 6.22. The summed E-state index contributed by atoms with van der Waals surface area (Å²) in [6, 6.07) is 10.9. The van der Waals surface area contributed by atoms with E-state index in [-0.39, 0.29) is 0 Å². The number of rotatable bonds is 7. The summed E-state index contributed by atoms with van der Waals surface area (Å²) >= 11 is 0. The molecule has 3 rings (SSSR count). The first kappa shape index (κ1) is 14.0. The summed E-state index contributed by atoms with van der Waals surface area (Å²) < 4.78 is 10.9. The van der Waals surface area contributed by atoms with Gasteiger partial charge in [0.05, 0.1) is 19.9 Å². The molecule has 1 aliphatic rings. The lowest BCUT2D eigenvalue weighted by Gasteiger charge is -2.18. The topological polar surface area (TPSA) is 37.6 Å². The van der Waals surface area contributed by atoms with Crippen molar-refractivity contribution in [1.29, 1.82) is 0 Å². The van der Waals surface area contributed by atoms with Crippen LogP contribution in [0.4, 0.5) is 5.69 Å². The van der Waals surface area contributed by atoms with Gasteiger partial charge in [0.25, 0.3) is 0 Å². The van der Waals surface area contributed by atoms with Gasteiger partial charge in [0.2, 0.25) is 0 Å². The Morgan fingerprint density at radius 2 is 2.19 bits per heavy atom. The van der Waals surface area contributed by atoms with Crippen molar-refractivity contribution in [3.63, 3.8) is 0 Å². The van der Waals surface area contributed by atoms with Gasteiger partial charge in [0.1, 0.15) is 11.5 Å². The molecule has 0 amide bonds. The van der Waals surface area contributed by atoms with Gasteiger partial charge >= 0.3 is 0 Å². The Bertz CT molecular complexity index is 590. The van der Waals surface area contributed by atoms with Crippen LogP contribution in [-0.4, -0.2) is 20.2 Å². The van der Waals surface area contributed by atoms with Crippen LogP contribution in [0.5, 0.6) is 5.75 Å². The third-order valence-corrected chi connectivity index (χ3v) is 3.77. The van der Waals surface area contributed by atoms with Crippen molar-refractivity contribution in [2.75, 3.05) is 19.1 Å². The zero-order valence-electron chi connectivity index (χ0n) is 12.6. The average Bonchev–Trinajstić information content (AvgIpc) is 3.24. The predicted molar refractivity (Wildman–Crippen MR) is 83.7 cm³/mol. The number of hydrogen-bond donors (Lipinski definition) is 1. The molecule has 0 atom stereocenters. The van der Waals surface area contributed by atoms with E-state index in [2.05, 4.69) is 29.4 Å². The van der Waals surface area contributed by atoms with Crippen LogP contribution in [0.25, 0.3) is 0 Å². The van der Waals surface area contributed by atoms with E-state index in [9.17, 15) is 0 Å². The van der Waals surface area contributed by atoms with Crippen molar-refractivity contribution in [3.8, 4) is 5.75 Å². The Kier molecular flexibility index (Phi) is 4.15. The Morgan fingerprint density at radius 3 is 2.95 bits per heavy atom. The van der Waals surface area contributed by atoms with E-state index in [1.807, 2.05) is 24.5 Å². The molecule has 1 aromatic carbocycles. The first-order chi connectivity index (χ1) is 10.2. The highest BCUT2D eigenvalue weighted by molar-refractivity contribution is 5.50. The predicted octanol–water partition coefficient (Wildman–Crippen LogP) is 3.18. The molecule has 0 spiro atoms. The minimum absolute atomic E-state index is 0.725. The van der Waals surface area contributed by atoms with Crippen LogP contribution in [0.15, 0.2) is 41.0 Å². The molecule has 0 bridgehead atoms. The standard InChI is InChI=1S/C17H22N2O2/c1-19(15-4-3-5-16(9-15)20-2)11-17-8-13(12-21-17)10-18-14-6-7-14/h3-5,8-9,12,14,18H,6-7,10-11H2,1-2H3. The van der Waals surface area contributed by atoms with Crippen LogP contribution in [0.3, 0.4) is 0 Å². The van der Waals surface area contributed by atoms with Gasteiger partial charge in [-0.15, -0.1) is 0 Å². The number of anilines is 1. The summed E-state index contributed by atoms with van der Waals surface area (Å²) in [5.74, 6) is 1.85. The number of benzene rings is 1. The Hall–Kier alpha value is -1.94. The fraction of sp³-hybridized carbons (Fsp3) is 0.412. The molecule has 1 heterocycles. The summed E-state index contributed by atoms with van der Waals surface area (Å²) in [4.78, 5) is 2.15. The third kappa shape index (κ3) is 3.79. The minimum atomic E-state index is 0.725. The number of furan rings is 1. The fourth-order valence-electron chi connectivity index (χ4n) is 2.32. The molecule has 4 nitrogen and oxygen atoms in total.